The molecule has 1 heterocycles. The zero-order valence-electron chi connectivity index (χ0n) is 13.4. The van der Waals surface area contributed by atoms with Gasteiger partial charge in [-0.3, -0.25) is 10.1 Å². The van der Waals surface area contributed by atoms with E-state index in [1.54, 1.807) is 4.68 Å². The van der Waals surface area contributed by atoms with E-state index >= 15 is 0 Å². The molecule has 0 radical (unpaired) electrons. The maximum Gasteiger partial charge on any atom is 0.321 e. The maximum absolute atomic E-state index is 11.8. The Hall–Kier alpha value is -2.42. The molecule has 1 fully saturated rings. The van der Waals surface area contributed by atoms with Crippen molar-refractivity contribution >= 4 is 23.7 Å². The summed E-state index contributed by atoms with van der Waals surface area (Å²) in [4.78, 5) is 23.4. The lowest BCUT2D eigenvalue weighted by atomic mass is 10.1. The molecule has 3 rings (SSSR count). The zero-order chi connectivity index (χ0) is 17.1. The van der Waals surface area contributed by atoms with Gasteiger partial charge in [-0.15, -0.1) is 5.10 Å². The number of nitrogens with zero attached hydrogens (tertiary/aromatic N) is 4. The molecule has 1 aliphatic rings. The summed E-state index contributed by atoms with van der Waals surface area (Å²) in [6.07, 6.45) is 1.95. The van der Waals surface area contributed by atoms with E-state index in [1.165, 1.54) is 11.8 Å². The van der Waals surface area contributed by atoms with Crippen LogP contribution < -0.4 is 10.6 Å². The molecule has 0 atom stereocenters. The van der Waals surface area contributed by atoms with Crippen LogP contribution in [0.2, 0.25) is 0 Å². The smallest absolute Gasteiger partial charge is 0.321 e. The van der Waals surface area contributed by atoms with E-state index < -0.39 is 6.03 Å². The molecular weight excluding hydrogens is 328 g/mol. The van der Waals surface area contributed by atoms with Gasteiger partial charge in [0.25, 0.3) is 0 Å². The average Bonchev–Trinajstić information content (AvgIpc) is 3.18. The minimum atomic E-state index is -0.447. The Balaban J connectivity index is 1.60. The fourth-order valence-corrected chi connectivity index (χ4v) is 2.94. The van der Waals surface area contributed by atoms with Gasteiger partial charge in [-0.05, 0) is 60.4 Å². The molecule has 2 aromatic rings. The summed E-state index contributed by atoms with van der Waals surface area (Å²) in [7, 11) is 0. The number of benzene rings is 1. The van der Waals surface area contributed by atoms with Crippen LogP contribution in [-0.4, -0.2) is 43.9 Å². The molecule has 126 valence electrons. The molecule has 0 aliphatic heterocycles. The number of amides is 3. The largest absolute Gasteiger partial charge is 0.335 e. The topological polar surface area (TPSA) is 102 Å². The van der Waals surface area contributed by atoms with E-state index in [0.29, 0.717) is 5.16 Å². The first-order valence-electron chi connectivity index (χ1n) is 7.61. The Morgan fingerprint density at radius 2 is 1.96 bits per heavy atom. The number of aryl methyl sites for hydroxylation is 2. The van der Waals surface area contributed by atoms with Gasteiger partial charge in [-0.25, -0.2) is 4.79 Å². The normalized spacial score (nSPS) is 13.6. The van der Waals surface area contributed by atoms with Crippen molar-refractivity contribution in [2.45, 2.75) is 37.9 Å². The summed E-state index contributed by atoms with van der Waals surface area (Å²) in [5.74, 6) is -0.323. The van der Waals surface area contributed by atoms with Gasteiger partial charge in [-0.2, -0.15) is 4.68 Å². The number of urea groups is 1. The van der Waals surface area contributed by atoms with Crippen molar-refractivity contribution in [1.29, 1.82) is 0 Å². The van der Waals surface area contributed by atoms with Crippen molar-refractivity contribution in [2.75, 3.05) is 5.75 Å². The third kappa shape index (κ3) is 4.31. The van der Waals surface area contributed by atoms with Crippen LogP contribution in [0.25, 0.3) is 5.69 Å². The van der Waals surface area contributed by atoms with Crippen LogP contribution in [0.1, 0.15) is 24.0 Å². The Morgan fingerprint density at radius 3 is 2.62 bits per heavy atom. The lowest BCUT2D eigenvalue weighted by Gasteiger charge is -2.07. The van der Waals surface area contributed by atoms with Crippen molar-refractivity contribution in [3.05, 3.63) is 29.3 Å². The van der Waals surface area contributed by atoms with Gasteiger partial charge in [0.15, 0.2) is 0 Å². The van der Waals surface area contributed by atoms with Crippen LogP contribution in [0.4, 0.5) is 4.79 Å². The summed E-state index contributed by atoms with van der Waals surface area (Å²) >= 11 is 1.18. The molecule has 24 heavy (non-hydrogen) atoms. The first kappa shape index (κ1) is 16.4. The van der Waals surface area contributed by atoms with Crippen LogP contribution in [0, 0.1) is 13.8 Å². The zero-order valence-corrected chi connectivity index (χ0v) is 14.3. The Kier molecular flexibility index (Phi) is 4.79. The predicted octanol–water partition coefficient (Wildman–Crippen LogP) is 1.36. The van der Waals surface area contributed by atoms with E-state index in [0.717, 1.165) is 29.7 Å². The number of aromatic nitrogens is 4. The summed E-state index contributed by atoms with van der Waals surface area (Å²) in [6.45, 7) is 4.00. The summed E-state index contributed by atoms with van der Waals surface area (Å²) in [6, 6.07) is 5.76. The van der Waals surface area contributed by atoms with Crippen LogP contribution in [0.15, 0.2) is 23.4 Å². The fraction of sp³-hybridized carbons (Fsp3) is 0.400. The molecule has 1 saturated carbocycles. The average molecular weight is 346 g/mol. The molecule has 0 unspecified atom stereocenters. The first-order valence-corrected chi connectivity index (χ1v) is 8.60. The van der Waals surface area contributed by atoms with Gasteiger partial charge >= 0.3 is 6.03 Å². The lowest BCUT2D eigenvalue weighted by Crippen LogP contribution is -2.41. The van der Waals surface area contributed by atoms with Gasteiger partial charge in [0.1, 0.15) is 0 Å². The molecule has 0 spiro atoms. The third-order valence-corrected chi connectivity index (χ3v) is 4.31. The van der Waals surface area contributed by atoms with Gasteiger partial charge in [-0.1, -0.05) is 17.8 Å². The summed E-state index contributed by atoms with van der Waals surface area (Å²) < 4.78 is 1.59. The van der Waals surface area contributed by atoms with Crippen molar-refractivity contribution in [3.8, 4) is 5.69 Å². The number of hydrogen-bond acceptors (Lipinski definition) is 6. The number of carbonyl (C=O) groups is 2. The molecule has 3 amide bonds. The van der Waals surface area contributed by atoms with Gasteiger partial charge in [0.2, 0.25) is 11.1 Å². The van der Waals surface area contributed by atoms with Gasteiger partial charge in [0.05, 0.1) is 11.4 Å². The number of tetrazole rings is 1. The van der Waals surface area contributed by atoms with E-state index in [1.807, 2.05) is 26.0 Å². The van der Waals surface area contributed by atoms with Crippen molar-refractivity contribution < 1.29 is 9.59 Å². The number of nitrogens with one attached hydrogen (secondary N) is 2. The van der Waals surface area contributed by atoms with E-state index in [-0.39, 0.29) is 17.7 Å². The molecule has 1 aromatic heterocycles. The highest BCUT2D eigenvalue weighted by atomic mass is 32.2. The maximum atomic E-state index is 11.8. The second kappa shape index (κ2) is 7.00. The minimum absolute atomic E-state index is 0.0588. The molecule has 8 nitrogen and oxygen atoms in total. The molecule has 9 heteroatoms. The van der Waals surface area contributed by atoms with Gasteiger partial charge < -0.3 is 5.32 Å². The predicted molar refractivity (Wildman–Crippen MR) is 89.0 cm³/mol. The highest BCUT2D eigenvalue weighted by Crippen LogP contribution is 2.20. The molecule has 1 aromatic carbocycles. The number of rotatable bonds is 5. The first-order chi connectivity index (χ1) is 11.5. The van der Waals surface area contributed by atoms with Crippen molar-refractivity contribution in [2.24, 2.45) is 0 Å². The number of hydrogen-bond donors (Lipinski definition) is 2. The van der Waals surface area contributed by atoms with Crippen molar-refractivity contribution in [1.82, 2.24) is 30.8 Å². The number of thioether (sulfide) groups is 1. The minimum Gasteiger partial charge on any atom is -0.335 e. The van der Waals surface area contributed by atoms with Crippen molar-refractivity contribution in [3.63, 3.8) is 0 Å². The Labute approximate surface area is 143 Å². The SMILES string of the molecule is Cc1cc(C)cc(-n2nnnc2SCC(=O)NC(=O)NC2CC2)c1. The van der Waals surface area contributed by atoms with E-state index in [9.17, 15) is 9.59 Å². The van der Waals surface area contributed by atoms with E-state index in [4.69, 9.17) is 0 Å². The van der Waals surface area contributed by atoms with Gasteiger partial charge in [0, 0.05) is 6.04 Å². The number of imide groups is 1. The van der Waals surface area contributed by atoms with Crippen LogP contribution in [0.3, 0.4) is 0 Å². The Morgan fingerprint density at radius 1 is 1.25 bits per heavy atom. The Bertz CT molecular complexity index is 751. The third-order valence-electron chi connectivity index (χ3n) is 3.39. The number of carbonyl (C=O) groups excluding carboxylic acids is 2. The van der Waals surface area contributed by atoms with Crippen LogP contribution >= 0.6 is 11.8 Å². The lowest BCUT2D eigenvalue weighted by molar-refractivity contribution is -0.117. The molecule has 1 aliphatic carbocycles. The fourth-order valence-electron chi connectivity index (χ4n) is 2.25. The quantitative estimate of drug-likeness (QED) is 0.793. The second-order valence-electron chi connectivity index (χ2n) is 5.80. The second-order valence-corrected chi connectivity index (χ2v) is 6.75. The molecule has 0 saturated heterocycles. The highest BCUT2D eigenvalue weighted by molar-refractivity contribution is 7.99. The standard InChI is InChI=1S/C15H18N6O2S/c1-9-5-10(2)7-12(6-9)21-15(18-19-20-21)24-8-13(22)17-14(23)16-11-3-4-11/h5-7,11H,3-4,8H2,1-2H3,(H2,16,17,22,23). The molecule has 2 N–H and O–H groups in total. The summed E-state index contributed by atoms with van der Waals surface area (Å²) in [5.41, 5.74) is 3.05. The summed E-state index contributed by atoms with van der Waals surface area (Å²) in [5, 5.41) is 17.1. The van der Waals surface area contributed by atoms with Crippen LogP contribution in [0.5, 0.6) is 0 Å². The monoisotopic (exact) mass is 346 g/mol. The highest BCUT2D eigenvalue weighted by Gasteiger charge is 2.24. The molecule has 0 bridgehead atoms. The molecular formula is C15H18N6O2S. The van der Waals surface area contributed by atoms with E-state index in [2.05, 4.69) is 32.2 Å². The van der Waals surface area contributed by atoms with Crippen LogP contribution in [-0.2, 0) is 4.79 Å².